The third kappa shape index (κ3) is 6.26. The maximum absolute atomic E-state index is 12.4. The van der Waals surface area contributed by atoms with E-state index in [0.29, 0.717) is 18.2 Å². The average molecular weight is 428 g/mol. The van der Waals surface area contributed by atoms with E-state index in [1.54, 1.807) is 13.3 Å². The molecule has 1 aromatic carbocycles. The van der Waals surface area contributed by atoms with Gasteiger partial charge in [0.05, 0.1) is 12.6 Å². The number of nitrogens with two attached hydrogens (primary N) is 1. The van der Waals surface area contributed by atoms with Gasteiger partial charge in [0.25, 0.3) is 0 Å². The molecule has 1 saturated carbocycles. The molecule has 154 valence electrons. The SMILES string of the molecule is COc1ccc(Oc2cc(CNC(=O)C3(N)CCCCC3)ccn2)cc1.Cl.Cl. The number of amides is 1. The fourth-order valence-electron chi connectivity index (χ4n) is 3.15. The zero-order chi connectivity index (χ0) is 18.4. The number of rotatable bonds is 6. The first-order chi connectivity index (χ1) is 12.6. The van der Waals surface area contributed by atoms with Crippen molar-refractivity contribution in [3.05, 3.63) is 48.2 Å². The molecule has 0 saturated heterocycles. The van der Waals surface area contributed by atoms with Crippen LogP contribution in [-0.4, -0.2) is 23.5 Å². The summed E-state index contributed by atoms with van der Waals surface area (Å²) in [6.07, 6.45) is 6.35. The van der Waals surface area contributed by atoms with E-state index < -0.39 is 5.54 Å². The van der Waals surface area contributed by atoms with Gasteiger partial charge in [-0.15, -0.1) is 24.8 Å². The second kappa shape index (κ2) is 11.1. The van der Waals surface area contributed by atoms with E-state index in [2.05, 4.69) is 10.3 Å². The first kappa shape index (κ1) is 24.0. The number of carbonyl (C=O) groups excluding carboxylic acids is 1. The molecular weight excluding hydrogens is 401 g/mol. The van der Waals surface area contributed by atoms with Crippen molar-refractivity contribution in [3.63, 3.8) is 0 Å². The van der Waals surface area contributed by atoms with E-state index in [0.717, 1.165) is 43.4 Å². The molecule has 1 fully saturated rings. The first-order valence-corrected chi connectivity index (χ1v) is 8.93. The van der Waals surface area contributed by atoms with Crippen molar-refractivity contribution in [1.29, 1.82) is 0 Å². The van der Waals surface area contributed by atoms with Crippen molar-refractivity contribution in [1.82, 2.24) is 10.3 Å². The van der Waals surface area contributed by atoms with E-state index in [1.165, 1.54) is 0 Å². The van der Waals surface area contributed by atoms with Crippen molar-refractivity contribution in [2.24, 2.45) is 5.73 Å². The Bertz CT molecular complexity index is 751. The molecule has 3 rings (SSSR count). The molecule has 3 N–H and O–H groups in total. The van der Waals surface area contributed by atoms with Crippen LogP contribution in [0.4, 0.5) is 0 Å². The molecule has 6 nitrogen and oxygen atoms in total. The molecule has 0 spiro atoms. The summed E-state index contributed by atoms with van der Waals surface area (Å²) in [6, 6.07) is 10.9. The molecule has 0 bridgehead atoms. The molecular formula is C20H27Cl2N3O3. The van der Waals surface area contributed by atoms with Crippen LogP contribution < -0.4 is 20.5 Å². The summed E-state index contributed by atoms with van der Waals surface area (Å²) in [4.78, 5) is 16.7. The van der Waals surface area contributed by atoms with Crippen LogP contribution in [0.3, 0.4) is 0 Å². The summed E-state index contributed by atoms with van der Waals surface area (Å²) in [7, 11) is 1.62. The number of benzene rings is 1. The van der Waals surface area contributed by atoms with Crippen LogP contribution in [0.1, 0.15) is 37.7 Å². The Kier molecular flexibility index (Phi) is 9.52. The Balaban J connectivity index is 0.00000196. The maximum Gasteiger partial charge on any atom is 0.240 e. The molecule has 1 aliphatic rings. The van der Waals surface area contributed by atoms with Gasteiger partial charge in [0.2, 0.25) is 11.8 Å². The zero-order valence-electron chi connectivity index (χ0n) is 15.8. The van der Waals surface area contributed by atoms with E-state index in [4.69, 9.17) is 15.2 Å². The summed E-state index contributed by atoms with van der Waals surface area (Å²) in [5.41, 5.74) is 6.45. The molecule has 8 heteroatoms. The molecule has 0 radical (unpaired) electrons. The maximum atomic E-state index is 12.4. The molecule has 1 heterocycles. The first-order valence-electron chi connectivity index (χ1n) is 8.93. The number of carbonyl (C=O) groups is 1. The highest BCUT2D eigenvalue weighted by Gasteiger charge is 2.34. The normalized spacial score (nSPS) is 14.8. The van der Waals surface area contributed by atoms with Gasteiger partial charge < -0.3 is 20.5 Å². The van der Waals surface area contributed by atoms with Crippen LogP contribution in [0.2, 0.25) is 0 Å². The van der Waals surface area contributed by atoms with Gasteiger partial charge in [-0.05, 0) is 48.7 Å². The Hall–Kier alpha value is -2.02. The summed E-state index contributed by atoms with van der Waals surface area (Å²) in [6.45, 7) is 0.402. The summed E-state index contributed by atoms with van der Waals surface area (Å²) in [5, 5.41) is 2.95. The van der Waals surface area contributed by atoms with Crippen LogP contribution in [0, 0.1) is 0 Å². The van der Waals surface area contributed by atoms with Crippen molar-refractivity contribution >= 4 is 30.7 Å². The number of pyridine rings is 1. The number of hydrogen-bond donors (Lipinski definition) is 2. The number of methoxy groups -OCH3 is 1. The van der Waals surface area contributed by atoms with Crippen LogP contribution >= 0.6 is 24.8 Å². The molecule has 1 aromatic heterocycles. The molecule has 2 aromatic rings. The van der Waals surface area contributed by atoms with Crippen LogP contribution in [-0.2, 0) is 11.3 Å². The van der Waals surface area contributed by atoms with Gasteiger partial charge in [-0.2, -0.15) is 0 Å². The van der Waals surface area contributed by atoms with Gasteiger partial charge >= 0.3 is 0 Å². The molecule has 1 amide bonds. The predicted octanol–water partition coefficient (Wildman–Crippen LogP) is 4.00. The van der Waals surface area contributed by atoms with Gasteiger partial charge in [-0.3, -0.25) is 4.79 Å². The van der Waals surface area contributed by atoms with E-state index >= 15 is 0 Å². The largest absolute Gasteiger partial charge is 0.497 e. The Morgan fingerprint density at radius 1 is 1.11 bits per heavy atom. The third-order valence-corrected chi connectivity index (χ3v) is 4.73. The summed E-state index contributed by atoms with van der Waals surface area (Å²) in [5.74, 6) is 1.83. The van der Waals surface area contributed by atoms with Crippen molar-refractivity contribution in [2.75, 3.05) is 7.11 Å². The van der Waals surface area contributed by atoms with Gasteiger partial charge in [0.15, 0.2) is 0 Å². The number of aromatic nitrogens is 1. The summed E-state index contributed by atoms with van der Waals surface area (Å²) < 4.78 is 10.9. The lowest BCUT2D eigenvalue weighted by Gasteiger charge is -2.31. The molecule has 0 aliphatic heterocycles. The van der Waals surface area contributed by atoms with E-state index in [9.17, 15) is 4.79 Å². The van der Waals surface area contributed by atoms with Crippen molar-refractivity contribution in [3.8, 4) is 17.4 Å². The Morgan fingerprint density at radius 3 is 2.39 bits per heavy atom. The highest BCUT2D eigenvalue weighted by molar-refractivity contribution is 5.86. The van der Waals surface area contributed by atoms with Crippen molar-refractivity contribution < 1.29 is 14.3 Å². The number of halogens is 2. The van der Waals surface area contributed by atoms with Gasteiger partial charge in [-0.25, -0.2) is 4.98 Å². The van der Waals surface area contributed by atoms with E-state index in [-0.39, 0.29) is 30.7 Å². The zero-order valence-corrected chi connectivity index (χ0v) is 17.5. The number of ether oxygens (including phenoxy) is 2. The third-order valence-electron chi connectivity index (χ3n) is 4.73. The molecule has 0 unspecified atom stereocenters. The molecule has 1 aliphatic carbocycles. The monoisotopic (exact) mass is 427 g/mol. The fourth-order valence-corrected chi connectivity index (χ4v) is 3.15. The minimum atomic E-state index is -0.728. The number of hydrogen-bond acceptors (Lipinski definition) is 5. The highest BCUT2D eigenvalue weighted by atomic mass is 35.5. The Labute approximate surface area is 178 Å². The van der Waals surface area contributed by atoms with Gasteiger partial charge in [0, 0.05) is 18.8 Å². The van der Waals surface area contributed by atoms with Gasteiger partial charge in [0.1, 0.15) is 11.5 Å². The van der Waals surface area contributed by atoms with Crippen LogP contribution in [0.25, 0.3) is 0 Å². The van der Waals surface area contributed by atoms with E-state index in [1.807, 2.05) is 36.4 Å². The standard InChI is InChI=1S/C20H25N3O3.2ClH/c1-25-16-5-7-17(8-6-16)26-18-13-15(9-12-22-18)14-23-19(24)20(21)10-3-2-4-11-20;;/h5-9,12-13H,2-4,10-11,14,21H2,1H3,(H,23,24);2*1H. The van der Waals surface area contributed by atoms with Gasteiger partial charge in [-0.1, -0.05) is 19.3 Å². The molecule has 28 heavy (non-hydrogen) atoms. The quantitative estimate of drug-likeness (QED) is 0.726. The predicted molar refractivity (Wildman–Crippen MR) is 114 cm³/mol. The minimum absolute atomic E-state index is 0. The second-order valence-electron chi connectivity index (χ2n) is 6.68. The number of nitrogens with one attached hydrogen (secondary N) is 1. The van der Waals surface area contributed by atoms with Crippen LogP contribution in [0.15, 0.2) is 42.6 Å². The van der Waals surface area contributed by atoms with Crippen LogP contribution in [0.5, 0.6) is 17.4 Å². The Morgan fingerprint density at radius 2 is 1.75 bits per heavy atom. The lowest BCUT2D eigenvalue weighted by Crippen LogP contribution is -2.54. The lowest BCUT2D eigenvalue weighted by atomic mass is 9.82. The number of nitrogens with zero attached hydrogens (tertiary/aromatic N) is 1. The molecule has 0 atom stereocenters. The smallest absolute Gasteiger partial charge is 0.240 e. The second-order valence-corrected chi connectivity index (χ2v) is 6.68. The minimum Gasteiger partial charge on any atom is -0.497 e. The van der Waals surface area contributed by atoms with Crippen molar-refractivity contribution in [2.45, 2.75) is 44.2 Å². The highest BCUT2D eigenvalue weighted by Crippen LogP contribution is 2.26. The lowest BCUT2D eigenvalue weighted by molar-refractivity contribution is -0.127. The topological polar surface area (TPSA) is 86.5 Å². The fraction of sp³-hybridized carbons (Fsp3) is 0.400. The average Bonchev–Trinajstić information content (AvgIpc) is 2.67. The summed E-state index contributed by atoms with van der Waals surface area (Å²) >= 11 is 0.